The lowest BCUT2D eigenvalue weighted by molar-refractivity contribution is -0.118. The van der Waals surface area contributed by atoms with Crippen LogP contribution in [0, 0.1) is 20.8 Å². The van der Waals surface area contributed by atoms with Gasteiger partial charge in [-0.25, -0.2) is 9.97 Å². The summed E-state index contributed by atoms with van der Waals surface area (Å²) in [4.78, 5) is 36.1. The number of nitrogens with zero attached hydrogens (tertiary/aromatic N) is 4. The molecule has 1 aromatic heterocycles. The molecule has 2 amide bonds. The Morgan fingerprint density at radius 3 is 2.54 bits per heavy atom. The van der Waals surface area contributed by atoms with E-state index in [0.29, 0.717) is 43.5 Å². The highest BCUT2D eigenvalue weighted by Crippen LogP contribution is 2.20. The van der Waals surface area contributed by atoms with Crippen LogP contribution in [0.1, 0.15) is 27.4 Å². The third-order valence-corrected chi connectivity index (χ3v) is 4.70. The monoisotopic (exact) mass is 353 g/mol. The first-order chi connectivity index (χ1) is 12.5. The van der Waals surface area contributed by atoms with Crippen molar-refractivity contribution in [1.82, 2.24) is 14.9 Å². The molecule has 1 aromatic carbocycles. The normalized spacial score (nSPS) is 14.3. The highest BCUT2D eigenvalue weighted by Gasteiger charge is 2.19. The Morgan fingerprint density at radius 2 is 1.85 bits per heavy atom. The van der Waals surface area contributed by atoms with Gasteiger partial charge in [0.2, 0.25) is 6.41 Å². The first-order valence-electron chi connectivity index (χ1n) is 8.65. The molecule has 0 spiro atoms. The molecule has 1 aliphatic heterocycles. The van der Waals surface area contributed by atoms with Gasteiger partial charge in [-0.1, -0.05) is 12.1 Å². The third kappa shape index (κ3) is 3.82. The Kier molecular flexibility index (Phi) is 5.16. The van der Waals surface area contributed by atoms with Gasteiger partial charge in [0.15, 0.2) is 0 Å². The summed E-state index contributed by atoms with van der Waals surface area (Å²) in [6, 6.07) is 7.52. The minimum Gasteiger partial charge on any atom is -0.353 e. The second-order valence-corrected chi connectivity index (χ2v) is 6.49. The molecule has 26 heavy (non-hydrogen) atoms. The van der Waals surface area contributed by atoms with Gasteiger partial charge in [0.25, 0.3) is 5.91 Å². The van der Waals surface area contributed by atoms with Crippen molar-refractivity contribution in [3.63, 3.8) is 0 Å². The predicted octanol–water partition coefficient (Wildman–Crippen LogP) is 1.93. The highest BCUT2D eigenvalue weighted by molar-refractivity contribution is 6.03. The van der Waals surface area contributed by atoms with E-state index >= 15 is 0 Å². The molecule has 0 aliphatic carbocycles. The second-order valence-electron chi connectivity index (χ2n) is 6.49. The molecule has 0 unspecified atom stereocenters. The van der Waals surface area contributed by atoms with Crippen LogP contribution in [-0.2, 0) is 4.79 Å². The van der Waals surface area contributed by atoms with Crippen LogP contribution in [0.25, 0.3) is 0 Å². The highest BCUT2D eigenvalue weighted by atomic mass is 16.2. The summed E-state index contributed by atoms with van der Waals surface area (Å²) < 4.78 is 0. The van der Waals surface area contributed by atoms with Gasteiger partial charge in [-0.15, -0.1) is 0 Å². The number of anilines is 2. The summed E-state index contributed by atoms with van der Waals surface area (Å²) in [5.74, 6) is 1.01. The average molecular weight is 353 g/mol. The van der Waals surface area contributed by atoms with Crippen LogP contribution in [0.3, 0.4) is 0 Å². The molecule has 1 N–H and O–H groups in total. The molecular weight excluding hydrogens is 330 g/mol. The van der Waals surface area contributed by atoms with E-state index in [-0.39, 0.29) is 5.91 Å². The molecule has 1 saturated heterocycles. The van der Waals surface area contributed by atoms with Crippen LogP contribution >= 0.6 is 0 Å². The number of carbonyl (C=O) groups excluding carboxylic acids is 2. The first kappa shape index (κ1) is 17.8. The molecule has 7 heteroatoms. The number of carbonyl (C=O) groups is 2. The molecule has 136 valence electrons. The molecule has 0 radical (unpaired) electrons. The average Bonchev–Trinajstić information content (AvgIpc) is 2.65. The summed E-state index contributed by atoms with van der Waals surface area (Å²) in [7, 11) is 0. The molecule has 7 nitrogen and oxygen atoms in total. The number of nitrogens with one attached hydrogen (secondary N) is 1. The van der Waals surface area contributed by atoms with Crippen LogP contribution in [0.4, 0.5) is 11.5 Å². The fraction of sp³-hybridized carbons (Fsp3) is 0.368. The van der Waals surface area contributed by atoms with Gasteiger partial charge < -0.3 is 15.1 Å². The van der Waals surface area contributed by atoms with Crippen molar-refractivity contribution < 1.29 is 9.59 Å². The second kappa shape index (κ2) is 7.51. The number of rotatable bonds is 4. The summed E-state index contributed by atoms with van der Waals surface area (Å²) in [6.45, 7) is 8.44. The fourth-order valence-corrected chi connectivity index (χ4v) is 2.96. The number of amides is 2. The van der Waals surface area contributed by atoms with E-state index < -0.39 is 0 Å². The van der Waals surface area contributed by atoms with Gasteiger partial charge in [0.05, 0.1) is 0 Å². The number of piperazine rings is 1. The van der Waals surface area contributed by atoms with Crippen molar-refractivity contribution >= 4 is 23.8 Å². The Hall–Kier alpha value is -2.96. The van der Waals surface area contributed by atoms with Gasteiger partial charge in [-0.3, -0.25) is 9.59 Å². The number of aromatic nitrogens is 2. The lowest BCUT2D eigenvalue weighted by Gasteiger charge is -2.33. The smallest absolute Gasteiger partial charge is 0.274 e. The summed E-state index contributed by atoms with van der Waals surface area (Å²) >= 11 is 0. The summed E-state index contributed by atoms with van der Waals surface area (Å²) in [5, 5.41) is 2.94. The molecule has 1 aliphatic rings. The first-order valence-corrected chi connectivity index (χ1v) is 8.65. The zero-order valence-corrected chi connectivity index (χ0v) is 15.3. The van der Waals surface area contributed by atoms with Crippen molar-refractivity contribution in [1.29, 1.82) is 0 Å². The molecule has 2 aromatic rings. The Balaban J connectivity index is 1.80. The molecule has 2 heterocycles. The Bertz CT molecular complexity index is 829. The van der Waals surface area contributed by atoms with Crippen molar-refractivity contribution in [2.24, 2.45) is 0 Å². The third-order valence-electron chi connectivity index (χ3n) is 4.70. The molecule has 1 fully saturated rings. The van der Waals surface area contributed by atoms with Gasteiger partial charge in [-0.05, 0) is 38.0 Å². The predicted molar refractivity (Wildman–Crippen MR) is 100 cm³/mol. The quantitative estimate of drug-likeness (QED) is 0.850. The van der Waals surface area contributed by atoms with Crippen molar-refractivity contribution in [2.45, 2.75) is 20.8 Å². The van der Waals surface area contributed by atoms with E-state index in [4.69, 9.17) is 0 Å². The Morgan fingerprint density at radius 1 is 1.12 bits per heavy atom. The lowest BCUT2D eigenvalue weighted by atomic mass is 10.1. The minimum atomic E-state index is -0.253. The van der Waals surface area contributed by atoms with Crippen LogP contribution < -0.4 is 10.2 Å². The summed E-state index contributed by atoms with van der Waals surface area (Å²) in [5.41, 5.74) is 3.28. The van der Waals surface area contributed by atoms with E-state index in [1.165, 1.54) is 0 Å². The number of hydrogen-bond acceptors (Lipinski definition) is 5. The molecular formula is C19H23N5O2. The SMILES string of the molecule is Cc1nc(C(=O)Nc2cccc(C)c2C)cc(N2CCN(C=O)CC2)n1. The molecule has 0 saturated carbocycles. The van der Waals surface area contributed by atoms with Crippen LogP contribution in [-0.4, -0.2) is 53.4 Å². The maximum absolute atomic E-state index is 12.7. The van der Waals surface area contributed by atoms with Crippen molar-refractivity contribution in [3.8, 4) is 0 Å². The fourth-order valence-electron chi connectivity index (χ4n) is 2.96. The standard InChI is InChI=1S/C19H23N5O2/c1-13-5-4-6-16(14(13)2)22-19(26)17-11-18(21-15(3)20-17)24-9-7-23(12-25)8-10-24/h4-6,11-12H,7-10H2,1-3H3,(H,22,26). The molecule has 0 bridgehead atoms. The summed E-state index contributed by atoms with van der Waals surface area (Å²) in [6.07, 6.45) is 0.867. The zero-order valence-electron chi connectivity index (χ0n) is 15.3. The van der Waals surface area contributed by atoms with Gasteiger partial charge in [-0.2, -0.15) is 0 Å². The van der Waals surface area contributed by atoms with E-state index in [0.717, 1.165) is 23.2 Å². The Labute approximate surface area is 153 Å². The van der Waals surface area contributed by atoms with Crippen molar-refractivity contribution in [3.05, 3.63) is 46.9 Å². The van der Waals surface area contributed by atoms with Crippen LogP contribution in [0.5, 0.6) is 0 Å². The van der Waals surface area contributed by atoms with E-state index in [9.17, 15) is 9.59 Å². The van der Waals surface area contributed by atoms with Gasteiger partial charge in [0, 0.05) is 37.9 Å². The molecule has 0 atom stereocenters. The van der Waals surface area contributed by atoms with Gasteiger partial charge >= 0.3 is 0 Å². The van der Waals surface area contributed by atoms with Crippen LogP contribution in [0.15, 0.2) is 24.3 Å². The lowest BCUT2D eigenvalue weighted by Crippen LogP contribution is -2.46. The van der Waals surface area contributed by atoms with Crippen LogP contribution in [0.2, 0.25) is 0 Å². The number of aryl methyl sites for hydroxylation is 2. The maximum atomic E-state index is 12.7. The maximum Gasteiger partial charge on any atom is 0.274 e. The van der Waals surface area contributed by atoms with E-state index in [2.05, 4.69) is 20.2 Å². The zero-order chi connectivity index (χ0) is 18.7. The topological polar surface area (TPSA) is 78.4 Å². The number of hydrogen-bond donors (Lipinski definition) is 1. The largest absolute Gasteiger partial charge is 0.353 e. The molecule has 3 rings (SSSR count). The minimum absolute atomic E-state index is 0.253. The van der Waals surface area contributed by atoms with E-state index in [1.807, 2.05) is 32.0 Å². The van der Waals surface area contributed by atoms with Crippen molar-refractivity contribution in [2.75, 3.05) is 36.4 Å². The van der Waals surface area contributed by atoms with Gasteiger partial charge in [0.1, 0.15) is 17.3 Å². The van der Waals surface area contributed by atoms with E-state index in [1.54, 1.807) is 17.9 Å². The number of benzene rings is 1.